The zero-order valence-electron chi connectivity index (χ0n) is 19.8. The maximum absolute atomic E-state index is 13.8. The molecular weight excluding hydrogens is 438 g/mol. The van der Waals surface area contributed by atoms with E-state index in [9.17, 15) is 14.4 Å². The lowest BCUT2D eigenvalue weighted by atomic mass is 9.56. The van der Waals surface area contributed by atoms with Crippen LogP contribution in [-0.2, 0) is 24.5 Å². The summed E-state index contributed by atoms with van der Waals surface area (Å²) in [7, 11) is 0. The largest absolute Gasteiger partial charge is 0.447 e. The topological polar surface area (TPSA) is 63.7 Å². The highest BCUT2D eigenvalue weighted by Gasteiger charge is 2.55. The van der Waals surface area contributed by atoms with Gasteiger partial charge < -0.3 is 9.64 Å². The van der Waals surface area contributed by atoms with E-state index in [2.05, 4.69) is 24.3 Å². The van der Waals surface area contributed by atoms with Gasteiger partial charge in [-0.2, -0.15) is 0 Å². The maximum Gasteiger partial charge on any atom is 0.303 e. The Morgan fingerprint density at radius 2 is 1.40 bits per heavy atom. The van der Waals surface area contributed by atoms with Gasteiger partial charge in [0.25, 0.3) is 5.91 Å². The molecule has 3 aromatic rings. The van der Waals surface area contributed by atoms with Crippen molar-refractivity contribution in [2.45, 2.75) is 31.3 Å². The first-order valence-corrected chi connectivity index (χ1v) is 12.2. The van der Waals surface area contributed by atoms with E-state index in [4.69, 9.17) is 4.74 Å². The normalized spacial score (nSPS) is 21.7. The summed E-state index contributed by atoms with van der Waals surface area (Å²) in [6.45, 7) is 2.09. The number of likely N-dealkylation sites (tertiary alicyclic amines) is 1. The van der Waals surface area contributed by atoms with Crippen LogP contribution in [0.5, 0.6) is 0 Å². The predicted molar refractivity (Wildman–Crippen MR) is 132 cm³/mol. The van der Waals surface area contributed by atoms with Gasteiger partial charge in [0.05, 0.1) is 0 Å². The van der Waals surface area contributed by atoms with E-state index >= 15 is 0 Å². The van der Waals surface area contributed by atoms with Gasteiger partial charge in [-0.3, -0.25) is 14.4 Å². The van der Waals surface area contributed by atoms with E-state index in [0.717, 1.165) is 0 Å². The number of Topliss-reactive ketones (excluding diaryl/α,β-unsaturated/α-hetero) is 1. The van der Waals surface area contributed by atoms with Crippen molar-refractivity contribution in [3.05, 3.63) is 108 Å². The Morgan fingerprint density at radius 3 is 1.94 bits per heavy atom. The highest BCUT2D eigenvalue weighted by Crippen LogP contribution is 2.52. The van der Waals surface area contributed by atoms with Crippen molar-refractivity contribution in [2.75, 3.05) is 13.1 Å². The summed E-state index contributed by atoms with van der Waals surface area (Å²) in [6, 6.07) is 29.8. The minimum absolute atomic E-state index is 0.0637. The molecule has 1 aliphatic heterocycles. The fraction of sp³-hybridized carbons (Fsp3) is 0.300. The third kappa shape index (κ3) is 4.16. The monoisotopic (exact) mass is 467 g/mol. The number of carbonyl (C=O) groups is 3. The quantitative estimate of drug-likeness (QED) is 0.510. The summed E-state index contributed by atoms with van der Waals surface area (Å²) in [5, 5.41) is 0. The van der Waals surface area contributed by atoms with Crippen LogP contribution in [-0.4, -0.2) is 35.6 Å². The average molecular weight is 468 g/mol. The van der Waals surface area contributed by atoms with Crippen molar-refractivity contribution in [1.82, 2.24) is 4.90 Å². The zero-order valence-corrected chi connectivity index (χ0v) is 19.8. The van der Waals surface area contributed by atoms with Crippen LogP contribution in [0.25, 0.3) is 0 Å². The first kappa shape index (κ1) is 23.0. The highest BCUT2D eigenvalue weighted by atomic mass is 16.5. The van der Waals surface area contributed by atoms with Gasteiger partial charge in [-0.05, 0) is 17.5 Å². The molecular formula is C30H29NO4. The maximum atomic E-state index is 13.8. The van der Waals surface area contributed by atoms with Crippen molar-refractivity contribution < 1.29 is 19.1 Å². The van der Waals surface area contributed by atoms with Gasteiger partial charge in [-0.15, -0.1) is 0 Å². The van der Waals surface area contributed by atoms with Gasteiger partial charge in [-0.1, -0.05) is 91.0 Å². The summed E-state index contributed by atoms with van der Waals surface area (Å²) >= 11 is 0. The second-order valence-corrected chi connectivity index (χ2v) is 9.53. The number of rotatable bonds is 5. The van der Waals surface area contributed by atoms with Crippen LogP contribution in [0, 0.1) is 11.8 Å². The first-order chi connectivity index (χ1) is 17.0. The minimum Gasteiger partial charge on any atom is -0.447 e. The van der Waals surface area contributed by atoms with Gasteiger partial charge in [0.2, 0.25) is 6.10 Å². The number of fused-ring (bicyclic) bond motifs is 1. The molecule has 5 heteroatoms. The third-order valence-corrected chi connectivity index (χ3v) is 7.63. The van der Waals surface area contributed by atoms with Crippen LogP contribution in [0.3, 0.4) is 0 Å². The number of hydrogen-bond donors (Lipinski definition) is 0. The number of nitrogens with zero attached hydrogens (tertiary/aromatic N) is 1. The Kier molecular flexibility index (Phi) is 6.25. The number of hydrogen-bond acceptors (Lipinski definition) is 4. The molecule has 0 aromatic heterocycles. The molecule has 0 N–H and O–H groups in total. The van der Waals surface area contributed by atoms with Crippen LogP contribution < -0.4 is 0 Å². The Morgan fingerprint density at radius 1 is 0.857 bits per heavy atom. The zero-order chi connectivity index (χ0) is 24.4. The minimum atomic E-state index is -1.02. The van der Waals surface area contributed by atoms with Crippen molar-refractivity contribution >= 4 is 17.7 Å². The van der Waals surface area contributed by atoms with Crippen molar-refractivity contribution in [1.29, 1.82) is 0 Å². The summed E-state index contributed by atoms with van der Waals surface area (Å²) in [6.07, 6.45) is 0.153. The van der Waals surface area contributed by atoms with E-state index in [1.807, 2.05) is 54.6 Å². The van der Waals surface area contributed by atoms with E-state index in [1.54, 1.807) is 17.0 Å². The van der Waals surface area contributed by atoms with Crippen molar-refractivity contribution in [2.24, 2.45) is 11.8 Å². The molecule has 1 aliphatic carbocycles. The number of esters is 1. The Balaban J connectivity index is 1.54. The van der Waals surface area contributed by atoms with E-state index in [0.29, 0.717) is 31.5 Å². The molecule has 2 aliphatic rings. The Hall–Kier alpha value is -3.73. The molecule has 0 spiro atoms. The fourth-order valence-corrected chi connectivity index (χ4v) is 6.08. The SMILES string of the molecule is CC(=O)O[C@H](C(=O)N1C[C@@H]2C(=O)CCC(c3ccccc3)(c3ccccc3)[C@@H]2C1)c1ccccc1. The first-order valence-electron chi connectivity index (χ1n) is 12.2. The molecule has 5 rings (SSSR count). The molecule has 1 amide bonds. The molecule has 0 radical (unpaired) electrons. The third-order valence-electron chi connectivity index (χ3n) is 7.63. The van der Waals surface area contributed by atoms with Gasteiger partial charge in [0.1, 0.15) is 5.78 Å². The molecule has 0 unspecified atom stereocenters. The number of ketones is 1. The summed E-state index contributed by atoms with van der Waals surface area (Å²) in [5.74, 6) is -0.906. The highest BCUT2D eigenvalue weighted by molar-refractivity contribution is 5.88. The van der Waals surface area contributed by atoms with Gasteiger partial charge in [-0.25, -0.2) is 0 Å². The summed E-state index contributed by atoms with van der Waals surface area (Å²) < 4.78 is 5.50. The van der Waals surface area contributed by atoms with E-state index < -0.39 is 12.1 Å². The Labute approximate surface area is 205 Å². The molecule has 178 valence electrons. The lowest BCUT2D eigenvalue weighted by molar-refractivity contribution is -0.158. The van der Waals surface area contributed by atoms with Gasteiger partial charge in [0.15, 0.2) is 0 Å². The van der Waals surface area contributed by atoms with Crippen LogP contribution in [0.4, 0.5) is 0 Å². The molecule has 1 saturated heterocycles. The molecule has 1 saturated carbocycles. The smallest absolute Gasteiger partial charge is 0.303 e. The van der Waals surface area contributed by atoms with Crippen molar-refractivity contribution in [3.63, 3.8) is 0 Å². The van der Waals surface area contributed by atoms with Gasteiger partial charge >= 0.3 is 5.97 Å². The second-order valence-electron chi connectivity index (χ2n) is 9.53. The summed E-state index contributed by atoms with van der Waals surface area (Å²) in [5.41, 5.74) is 2.59. The number of benzene rings is 3. The standard InChI is InChI=1S/C30H29NO4/c1-21(32)35-28(22-11-5-2-6-12-22)29(34)31-19-25-26(20-31)30(18-17-27(25)33,23-13-7-3-8-14-23)24-15-9-4-10-16-24/h2-16,25-26,28H,17-20H2,1H3/t25-,26+,28-/m0/s1. The molecule has 3 atom stereocenters. The molecule has 2 fully saturated rings. The summed E-state index contributed by atoms with van der Waals surface area (Å²) in [4.78, 5) is 40.6. The van der Waals surface area contributed by atoms with Crippen LogP contribution >= 0.6 is 0 Å². The lowest BCUT2D eigenvalue weighted by Crippen LogP contribution is -2.47. The molecule has 35 heavy (non-hydrogen) atoms. The van der Waals surface area contributed by atoms with Gasteiger partial charge in [0, 0.05) is 49.2 Å². The predicted octanol–water partition coefficient (Wildman–Crippen LogP) is 4.71. The van der Waals surface area contributed by atoms with Crippen molar-refractivity contribution in [3.8, 4) is 0 Å². The molecule has 5 nitrogen and oxygen atoms in total. The molecule has 0 bridgehead atoms. The lowest BCUT2D eigenvalue weighted by Gasteiger charge is -2.45. The van der Waals surface area contributed by atoms with E-state index in [-0.39, 0.29) is 28.9 Å². The average Bonchev–Trinajstić information content (AvgIpc) is 3.36. The number of amides is 1. The second kappa shape index (κ2) is 9.49. The van der Waals surface area contributed by atoms with E-state index in [1.165, 1.54) is 18.1 Å². The van der Waals surface area contributed by atoms with Crippen LogP contribution in [0.15, 0.2) is 91.0 Å². The molecule has 3 aromatic carbocycles. The fourth-order valence-electron chi connectivity index (χ4n) is 6.08. The Bertz CT molecular complexity index is 1170. The number of ether oxygens (including phenoxy) is 1. The van der Waals surface area contributed by atoms with Crippen LogP contribution in [0.1, 0.15) is 42.6 Å². The molecule has 1 heterocycles. The number of carbonyl (C=O) groups excluding carboxylic acids is 3. The van der Waals surface area contributed by atoms with Crippen LogP contribution in [0.2, 0.25) is 0 Å².